The largest absolute Gasteiger partial charge is 0.429 e. The fourth-order valence-electron chi connectivity index (χ4n) is 0.357. The van der Waals surface area contributed by atoms with Gasteiger partial charge in [-0.1, -0.05) is 0 Å². The third kappa shape index (κ3) is 5.26. The molecule has 0 aliphatic heterocycles. The van der Waals surface area contributed by atoms with E-state index in [-0.39, 0.29) is 22.6 Å². The van der Waals surface area contributed by atoms with Crippen molar-refractivity contribution in [3.63, 3.8) is 0 Å². The Hall–Kier alpha value is 0.320. The molecular weight excluding hydrogens is 347 g/mol. The summed E-state index contributed by atoms with van der Waals surface area (Å²) in [5.41, 5.74) is 0. The maximum absolute atomic E-state index is 12.2. The summed E-state index contributed by atoms with van der Waals surface area (Å²) in [6, 6.07) is 0. The van der Waals surface area contributed by atoms with E-state index >= 15 is 0 Å². The highest BCUT2D eigenvalue weighted by molar-refractivity contribution is 14.1. The fraction of sp³-hybridized carbons (Fsp3) is 1.00. The molecule has 0 aliphatic rings. The lowest BCUT2D eigenvalue weighted by Crippen LogP contribution is -2.38. The molecule has 0 bridgehead atoms. The molecule has 14 heavy (non-hydrogen) atoms. The third-order valence-corrected chi connectivity index (χ3v) is 2.27. The normalized spacial score (nSPS) is 14.4. The van der Waals surface area contributed by atoms with Crippen LogP contribution in [0.2, 0.25) is 0 Å². The van der Waals surface area contributed by atoms with E-state index in [4.69, 9.17) is 4.55 Å². The molecule has 0 spiro atoms. The van der Waals surface area contributed by atoms with Crippen molar-refractivity contribution in [3.8, 4) is 0 Å². The molecule has 1 N–H and O–H groups in total. The van der Waals surface area contributed by atoms with E-state index in [2.05, 4.69) is 4.74 Å². The van der Waals surface area contributed by atoms with Gasteiger partial charge in [-0.3, -0.25) is 4.55 Å². The lowest BCUT2D eigenvalue weighted by molar-refractivity contribution is -0.305. The van der Waals surface area contributed by atoms with Gasteiger partial charge in [-0.15, -0.1) is 0 Å². The molecule has 4 nitrogen and oxygen atoms in total. The van der Waals surface area contributed by atoms with Gasteiger partial charge in [0.05, 0.1) is 12.4 Å². The highest BCUT2D eigenvalue weighted by Gasteiger charge is 2.56. The summed E-state index contributed by atoms with van der Waals surface area (Å²) in [6.45, 7) is -1.22. The molecule has 10 heteroatoms. The first-order chi connectivity index (χ1) is 5.96. The lowest BCUT2D eigenvalue weighted by Gasteiger charge is -2.20. The second-order valence-electron chi connectivity index (χ2n) is 2.15. The standard InChI is InChI=1S/C4H5F4IO4S/c5-3(6,9)4(7,8)13-1-2-14(10,11)12/h1-2H2,(H,10,11,12). The first-order valence-corrected chi connectivity index (χ1v) is 5.68. The van der Waals surface area contributed by atoms with Crippen molar-refractivity contribution >= 4 is 32.7 Å². The Morgan fingerprint density at radius 3 is 2.00 bits per heavy atom. The third-order valence-electron chi connectivity index (χ3n) is 0.955. The number of hydrogen-bond donors (Lipinski definition) is 1. The van der Waals surface area contributed by atoms with Crippen LogP contribution >= 0.6 is 22.6 Å². The predicted octanol–water partition coefficient (Wildman–Crippen LogP) is 1.51. The van der Waals surface area contributed by atoms with Gasteiger partial charge >= 0.3 is 10.0 Å². The molecule has 0 aromatic heterocycles. The predicted molar refractivity (Wildman–Crippen MR) is 46.3 cm³/mol. The molecular formula is C4H5F4IO4S. The number of ether oxygens (including phenoxy) is 1. The summed E-state index contributed by atoms with van der Waals surface area (Å²) in [5.74, 6) is -1.17. The van der Waals surface area contributed by atoms with Gasteiger partial charge in [-0.05, 0) is 0 Å². The van der Waals surface area contributed by atoms with Crippen LogP contribution in [-0.4, -0.2) is 35.4 Å². The van der Waals surface area contributed by atoms with Gasteiger partial charge in [0, 0.05) is 22.6 Å². The van der Waals surface area contributed by atoms with Crippen LogP contribution in [0.4, 0.5) is 17.6 Å². The summed E-state index contributed by atoms with van der Waals surface area (Å²) in [6.07, 6.45) is -4.77. The zero-order valence-electron chi connectivity index (χ0n) is 6.38. The SMILES string of the molecule is O=S(=O)(O)CCOC(F)(F)C(F)(F)I. The molecule has 0 heterocycles. The van der Waals surface area contributed by atoms with Gasteiger partial charge in [-0.25, -0.2) is 0 Å². The minimum absolute atomic E-state index is 0.160. The van der Waals surface area contributed by atoms with Gasteiger partial charge < -0.3 is 4.74 Å². The van der Waals surface area contributed by atoms with E-state index in [0.29, 0.717) is 0 Å². The average molecular weight is 352 g/mol. The van der Waals surface area contributed by atoms with Gasteiger partial charge in [-0.2, -0.15) is 26.0 Å². The zero-order chi connectivity index (χ0) is 11.6. The fourth-order valence-corrected chi connectivity index (χ4v) is 0.807. The van der Waals surface area contributed by atoms with Crippen molar-refractivity contribution in [3.05, 3.63) is 0 Å². The molecule has 0 aliphatic carbocycles. The Balaban J connectivity index is 4.15. The summed E-state index contributed by atoms with van der Waals surface area (Å²) in [5, 5.41) is 0. The van der Waals surface area contributed by atoms with E-state index in [1.807, 2.05) is 0 Å². The second kappa shape index (κ2) is 4.45. The van der Waals surface area contributed by atoms with Crippen LogP contribution < -0.4 is 0 Å². The molecule has 0 amide bonds. The molecule has 86 valence electrons. The van der Waals surface area contributed by atoms with Crippen LogP contribution in [0.3, 0.4) is 0 Å². The molecule has 0 radical (unpaired) electrons. The minimum atomic E-state index is -4.77. The Kier molecular flexibility index (Phi) is 4.55. The number of alkyl halides is 5. The van der Waals surface area contributed by atoms with Crippen LogP contribution in [0, 0.1) is 0 Å². The lowest BCUT2D eigenvalue weighted by atomic mass is 10.6. The Morgan fingerprint density at radius 2 is 1.71 bits per heavy atom. The Bertz CT molecular complexity index is 284. The molecule has 0 saturated carbocycles. The topological polar surface area (TPSA) is 63.6 Å². The maximum atomic E-state index is 12.2. The Labute approximate surface area is 90.5 Å². The van der Waals surface area contributed by atoms with Gasteiger partial charge in [0.15, 0.2) is 0 Å². The van der Waals surface area contributed by atoms with Crippen molar-refractivity contribution in [1.29, 1.82) is 0 Å². The van der Waals surface area contributed by atoms with E-state index < -0.39 is 32.5 Å². The molecule has 0 unspecified atom stereocenters. The van der Waals surface area contributed by atoms with Crippen molar-refractivity contribution in [2.75, 3.05) is 12.4 Å². The van der Waals surface area contributed by atoms with E-state index in [9.17, 15) is 26.0 Å². The second-order valence-corrected chi connectivity index (χ2v) is 5.08. The molecule has 0 rings (SSSR count). The van der Waals surface area contributed by atoms with Crippen molar-refractivity contribution in [2.45, 2.75) is 10.0 Å². The average Bonchev–Trinajstić information content (AvgIpc) is 1.80. The highest BCUT2D eigenvalue weighted by Crippen LogP contribution is 2.40. The summed E-state index contributed by atoms with van der Waals surface area (Å²) >= 11 is 0.160. The Morgan fingerprint density at radius 1 is 1.29 bits per heavy atom. The first-order valence-electron chi connectivity index (χ1n) is 2.99. The highest BCUT2D eigenvalue weighted by atomic mass is 127. The molecule has 0 atom stereocenters. The minimum Gasteiger partial charge on any atom is -0.314 e. The van der Waals surface area contributed by atoms with Crippen molar-refractivity contribution in [2.24, 2.45) is 0 Å². The van der Waals surface area contributed by atoms with Gasteiger partial charge in [0.25, 0.3) is 10.1 Å². The summed E-state index contributed by atoms with van der Waals surface area (Å²) < 4.78 is 75.5. The van der Waals surface area contributed by atoms with Crippen LogP contribution in [-0.2, 0) is 14.9 Å². The van der Waals surface area contributed by atoms with Crippen LogP contribution in [0.25, 0.3) is 0 Å². The number of halogens is 5. The maximum Gasteiger partial charge on any atom is 0.429 e. The first kappa shape index (κ1) is 14.3. The molecule has 0 fully saturated rings. The van der Waals surface area contributed by atoms with E-state index in [1.54, 1.807) is 0 Å². The molecule has 0 saturated heterocycles. The zero-order valence-corrected chi connectivity index (χ0v) is 9.36. The molecule has 0 aromatic rings. The van der Waals surface area contributed by atoms with Crippen LogP contribution in [0.15, 0.2) is 0 Å². The smallest absolute Gasteiger partial charge is 0.314 e. The quantitative estimate of drug-likeness (QED) is 0.353. The van der Waals surface area contributed by atoms with Crippen molar-refractivity contribution in [1.82, 2.24) is 0 Å². The van der Waals surface area contributed by atoms with Crippen LogP contribution in [0.1, 0.15) is 0 Å². The number of rotatable bonds is 5. The van der Waals surface area contributed by atoms with E-state index in [0.717, 1.165) is 0 Å². The van der Waals surface area contributed by atoms with Crippen LogP contribution in [0.5, 0.6) is 0 Å². The number of hydrogen-bond acceptors (Lipinski definition) is 3. The van der Waals surface area contributed by atoms with Crippen molar-refractivity contribution < 1.29 is 35.3 Å². The summed E-state index contributed by atoms with van der Waals surface area (Å²) in [7, 11) is -4.50. The van der Waals surface area contributed by atoms with E-state index in [1.165, 1.54) is 0 Å². The van der Waals surface area contributed by atoms with Gasteiger partial charge in [0.1, 0.15) is 0 Å². The van der Waals surface area contributed by atoms with Gasteiger partial charge in [0.2, 0.25) is 0 Å². The monoisotopic (exact) mass is 352 g/mol. The summed E-state index contributed by atoms with van der Waals surface area (Å²) in [4.78, 5) is 0. The molecule has 0 aromatic carbocycles.